The molecule has 4 aliphatic rings. The third-order valence-electron chi connectivity index (χ3n) is 8.70. The van der Waals surface area contributed by atoms with Crippen LogP contribution in [0.2, 0.25) is 0 Å². The summed E-state index contributed by atoms with van der Waals surface area (Å²) in [7, 11) is 0. The van der Waals surface area contributed by atoms with Crippen LogP contribution in [0.1, 0.15) is 65.2 Å². The van der Waals surface area contributed by atoms with Gasteiger partial charge in [0, 0.05) is 5.41 Å². The van der Waals surface area contributed by atoms with E-state index in [0.717, 1.165) is 25.7 Å². The monoisotopic (exact) mass is 358 g/mol. The van der Waals surface area contributed by atoms with Crippen LogP contribution in [-0.4, -0.2) is 28.1 Å². The van der Waals surface area contributed by atoms with Crippen LogP contribution in [0.25, 0.3) is 0 Å². The summed E-state index contributed by atoms with van der Waals surface area (Å²) in [6, 6.07) is 0. The predicted molar refractivity (Wildman–Crippen MR) is 88.7 cm³/mol. The van der Waals surface area contributed by atoms with Crippen LogP contribution in [-0.2, 0) is 0 Å². The van der Waals surface area contributed by atoms with Gasteiger partial charge >= 0.3 is 6.18 Å². The van der Waals surface area contributed by atoms with Crippen LogP contribution in [0, 0.1) is 28.6 Å². The summed E-state index contributed by atoms with van der Waals surface area (Å²) in [6.07, 6.45) is 2.11. The van der Waals surface area contributed by atoms with E-state index in [-0.39, 0.29) is 29.8 Å². The fourth-order valence-corrected chi connectivity index (χ4v) is 7.12. The van der Waals surface area contributed by atoms with Crippen molar-refractivity contribution in [2.75, 3.05) is 0 Å². The van der Waals surface area contributed by atoms with E-state index >= 15 is 0 Å². The number of hydrogen-bond acceptors (Lipinski definition) is 2. The Morgan fingerprint density at radius 3 is 2.40 bits per heavy atom. The Bertz CT molecular complexity index is 600. The van der Waals surface area contributed by atoms with Crippen molar-refractivity contribution < 1.29 is 23.4 Å². The van der Waals surface area contributed by atoms with Crippen LogP contribution < -0.4 is 0 Å². The summed E-state index contributed by atoms with van der Waals surface area (Å²) in [5.74, 6) is 0.534. The van der Waals surface area contributed by atoms with Crippen molar-refractivity contribution in [3.63, 3.8) is 0 Å². The van der Waals surface area contributed by atoms with Crippen molar-refractivity contribution in [2.45, 2.75) is 83.1 Å². The topological polar surface area (TPSA) is 40.5 Å². The summed E-state index contributed by atoms with van der Waals surface area (Å²) < 4.78 is 41.0. The van der Waals surface area contributed by atoms with Crippen molar-refractivity contribution in [1.82, 2.24) is 0 Å². The molecule has 0 aliphatic heterocycles. The van der Waals surface area contributed by atoms with Gasteiger partial charge in [-0.1, -0.05) is 25.5 Å². The highest BCUT2D eigenvalue weighted by atomic mass is 19.4. The highest BCUT2D eigenvalue weighted by Crippen LogP contribution is 2.69. The number of hydrogen-bond donors (Lipinski definition) is 2. The molecule has 0 spiro atoms. The molecule has 2 N–H and O–H groups in total. The lowest BCUT2D eigenvalue weighted by Crippen LogP contribution is -2.59. The van der Waals surface area contributed by atoms with Crippen LogP contribution in [0.15, 0.2) is 11.6 Å². The minimum Gasteiger partial charge on any atom is -0.393 e. The van der Waals surface area contributed by atoms with E-state index in [4.69, 9.17) is 0 Å². The van der Waals surface area contributed by atoms with Gasteiger partial charge in [0.2, 0.25) is 0 Å². The molecule has 0 aromatic rings. The van der Waals surface area contributed by atoms with Gasteiger partial charge in [-0.2, -0.15) is 13.2 Å². The molecule has 4 aliphatic carbocycles. The first-order valence-electron chi connectivity index (χ1n) is 9.70. The lowest BCUT2D eigenvalue weighted by Gasteiger charge is -2.59. The molecule has 0 aromatic carbocycles. The zero-order chi connectivity index (χ0) is 18.3. The fourth-order valence-electron chi connectivity index (χ4n) is 7.12. The number of allylic oxidation sites excluding steroid dienone is 1. The van der Waals surface area contributed by atoms with E-state index in [9.17, 15) is 23.4 Å². The van der Waals surface area contributed by atoms with Gasteiger partial charge in [-0.05, 0) is 74.5 Å². The van der Waals surface area contributed by atoms with Crippen molar-refractivity contribution in [2.24, 2.45) is 28.6 Å². The Hall–Kier alpha value is -0.550. The molecular formula is C20H29F3O2. The molecule has 0 radical (unpaired) electrons. The highest BCUT2D eigenvalue weighted by Gasteiger charge is 2.72. The van der Waals surface area contributed by atoms with Crippen molar-refractivity contribution in [1.29, 1.82) is 0 Å². The van der Waals surface area contributed by atoms with Gasteiger partial charge in [-0.3, -0.25) is 0 Å². The Balaban J connectivity index is 1.69. The highest BCUT2D eigenvalue weighted by molar-refractivity contribution is 5.26. The van der Waals surface area contributed by atoms with Gasteiger partial charge in [-0.15, -0.1) is 0 Å². The molecule has 2 unspecified atom stereocenters. The summed E-state index contributed by atoms with van der Waals surface area (Å²) in [5, 5.41) is 20.6. The van der Waals surface area contributed by atoms with Crippen LogP contribution >= 0.6 is 0 Å². The summed E-state index contributed by atoms with van der Waals surface area (Å²) in [5.41, 5.74) is -2.27. The van der Waals surface area contributed by atoms with Crippen molar-refractivity contribution in [3.8, 4) is 0 Å². The third-order valence-corrected chi connectivity index (χ3v) is 8.70. The molecule has 5 heteroatoms. The molecule has 0 aromatic heterocycles. The Labute approximate surface area is 147 Å². The maximum Gasteiger partial charge on any atom is 0.417 e. The number of fused-ring (bicyclic) bond motifs is 5. The standard InChI is InChI=1S/C20H29F3O2/c1-17-8-5-13(24)11-12(17)3-4-14-15(17)6-9-18(2)16(14)7-10-19(18,25)20(21,22)23/h3,13-16,24-25H,4-11H2,1-2H3/t13?,14-,15-,16+,17+,18+,19?/m1/s1. The average molecular weight is 358 g/mol. The average Bonchev–Trinajstić information content (AvgIpc) is 2.81. The smallest absolute Gasteiger partial charge is 0.393 e. The largest absolute Gasteiger partial charge is 0.417 e. The SMILES string of the molecule is C[C@]12CCC(O)CC1=CC[C@@H]1[C@H]2CC[C@@]2(C)[C@H]1CCC2(O)C(F)(F)F. The van der Waals surface area contributed by atoms with E-state index in [1.807, 2.05) is 0 Å². The first-order chi connectivity index (χ1) is 11.5. The lowest BCUT2D eigenvalue weighted by atomic mass is 9.47. The van der Waals surface area contributed by atoms with E-state index in [0.29, 0.717) is 25.2 Å². The Kier molecular flexibility index (Phi) is 3.75. The Morgan fingerprint density at radius 1 is 1.04 bits per heavy atom. The zero-order valence-corrected chi connectivity index (χ0v) is 15.1. The predicted octanol–water partition coefficient (Wildman–Crippen LogP) is 4.60. The van der Waals surface area contributed by atoms with E-state index in [1.165, 1.54) is 5.57 Å². The molecule has 7 atom stereocenters. The van der Waals surface area contributed by atoms with Gasteiger partial charge in [-0.25, -0.2) is 0 Å². The maximum absolute atomic E-state index is 13.7. The normalized spacial score (nSPS) is 52.8. The quantitative estimate of drug-likeness (QED) is 0.621. The molecule has 0 amide bonds. The third kappa shape index (κ3) is 2.17. The van der Waals surface area contributed by atoms with Crippen molar-refractivity contribution >= 4 is 0 Å². The summed E-state index contributed by atoms with van der Waals surface area (Å²) in [4.78, 5) is 0. The molecule has 0 saturated heterocycles. The molecule has 4 rings (SSSR count). The molecule has 2 nitrogen and oxygen atoms in total. The molecule has 142 valence electrons. The van der Waals surface area contributed by atoms with Gasteiger partial charge in [0.15, 0.2) is 5.60 Å². The minimum atomic E-state index is -4.56. The first kappa shape index (κ1) is 17.8. The molecule has 0 bridgehead atoms. The lowest BCUT2D eigenvalue weighted by molar-refractivity contribution is -0.302. The Morgan fingerprint density at radius 2 is 1.72 bits per heavy atom. The first-order valence-corrected chi connectivity index (χ1v) is 9.70. The fraction of sp³-hybridized carbons (Fsp3) is 0.900. The number of rotatable bonds is 0. The number of aliphatic hydroxyl groups is 2. The number of alkyl halides is 3. The molecule has 3 saturated carbocycles. The number of halogens is 3. The van der Waals surface area contributed by atoms with Gasteiger partial charge < -0.3 is 10.2 Å². The van der Waals surface area contributed by atoms with E-state index < -0.39 is 17.2 Å². The number of aliphatic hydroxyl groups excluding tert-OH is 1. The van der Waals surface area contributed by atoms with E-state index in [1.54, 1.807) is 6.92 Å². The molecule has 0 heterocycles. The second-order valence-corrected chi connectivity index (χ2v) is 9.51. The molecule has 25 heavy (non-hydrogen) atoms. The van der Waals surface area contributed by atoms with Crippen molar-refractivity contribution in [3.05, 3.63) is 11.6 Å². The van der Waals surface area contributed by atoms with E-state index in [2.05, 4.69) is 13.0 Å². The molecular weight excluding hydrogens is 329 g/mol. The summed E-state index contributed by atoms with van der Waals surface area (Å²) in [6.45, 7) is 3.94. The second-order valence-electron chi connectivity index (χ2n) is 9.51. The minimum absolute atomic E-state index is 0.0163. The van der Waals surface area contributed by atoms with Gasteiger partial charge in [0.1, 0.15) is 0 Å². The van der Waals surface area contributed by atoms with Crippen LogP contribution in [0.4, 0.5) is 13.2 Å². The second kappa shape index (κ2) is 5.25. The van der Waals surface area contributed by atoms with Crippen LogP contribution in [0.5, 0.6) is 0 Å². The van der Waals surface area contributed by atoms with Crippen LogP contribution in [0.3, 0.4) is 0 Å². The van der Waals surface area contributed by atoms with Gasteiger partial charge in [0.05, 0.1) is 6.10 Å². The summed E-state index contributed by atoms with van der Waals surface area (Å²) >= 11 is 0. The van der Waals surface area contributed by atoms with Gasteiger partial charge in [0.25, 0.3) is 0 Å². The zero-order valence-electron chi connectivity index (χ0n) is 15.1. The molecule has 3 fully saturated rings. The maximum atomic E-state index is 13.7.